The van der Waals surface area contributed by atoms with Crippen molar-refractivity contribution in [2.75, 3.05) is 5.73 Å². The van der Waals surface area contributed by atoms with Crippen LogP contribution in [0, 0.1) is 24.2 Å². The van der Waals surface area contributed by atoms with Crippen LogP contribution < -0.4 is 11.5 Å². The molecule has 1 aromatic rings. The summed E-state index contributed by atoms with van der Waals surface area (Å²) in [7, 11) is 0. The van der Waals surface area contributed by atoms with Crippen molar-refractivity contribution in [1.29, 1.82) is 0 Å². The Bertz CT molecular complexity index is 454. The predicted octanol–water partition coefficient (Wildman–Crippen LogP) is 3.82. The fraction of sp³-hybridized carbons (Fsp3) is 0.706. The number of nitrogens with zero attached hydrogens (tertiary/aromatic N) is 1. The minimum absolute atomic E-state index is 0.0309. The molecule has 0 aromatic carbocycles. The van der Waals surface area contributed by atoms with Crippen LogP contribution in [0.2, 0.25) is 0 Å². The summed E-state index contributed by atoms with van der Waals surface area (Å²) in [5.74, 6) is 1.96. The lowest BCUT2D eigenvalue weighted by Crippen LogP contribution is -2.31. The fourth-order valence-corrected chi connectivity index (χ4v) is 3.47. The Morgan fingerprint density at radius 1 is 1.20 bits per heavy atom. The van der Waals surface area contributed by atoms with Gasteiger partial charge in [-0.25, -0.2) is 4.98 Å². The van der Waals surface area contributed by atoms with Crippen molar-refractivity contribution in [3.8, 4) is 0 Å². The van der Waals surface area contributed by atoms with Gasteiger partial charge in [-0.1, -0.05) is 20.8 Å². The Morgan fingerprint density at radius 3 is 2.35 bits per heavy atom. The third-order valence-electron chi connectivity index (χ3n) is 4.95. The molecule has 0 aliphatic heterocycles. The topological polar surface area (TPSA) is 64.9 Å². The molecule has 1 aliphatic carbocycles. The van der Waals surface area contributed by atoms with Crippen molar-refractivity contribution in [1.82, 2.24) is 4.98 Å². The Morgan fingerprint density at radius 2 is 1.80 bits per heavy atom. The number of hydrogen-bond donors (Lipinski definition) is 2. The van der Waals surface area contributed by atoms with E-state index in [1.165, 1.54) is 25.7 Å². The molecule has 112 valence electrons. The molecule has 1 unspecified atom stereocenters. The van der Waals surface area contributed by atoms with Crippen LogP contribution in [0.15, 0.2) is 12.3 Å². The molecule has 3 heteroatoms. The number of hydrogen-bond acceptors (Lipinski definition) is 3. The zero-order valence-electron chi connectivity index (χ0n) is 13.3. The zero-order valence-corrected chi connectivity index (χ0v) is 13.3. The summed E-state index contributed by atoms with van der Waals surface area (Å²) in [6.45, 7) is 9.08. The molecule has 3 nitrogen and oxygen atoms in total. The highest BCUT2D eigenvalue weighted by Gasteiger charge is 2.32. The summed E-state index contributed by atoms with van der Waals surface area (Å²) < 4.78 is 0. The van der Waals surface area contributed by atoms with Crippen molar-refractivity contribution in [2.45, 2.75) is 59.4 Å². The lowest BCUT2D eigenvalue weighted by Gasteiger charge is -2.38. The maximum absolute atomic E-state index is 6.47. The molecule has 1 fully saturated rings. The van der Waals surface area contributed by atoms with E-state index in [0.717, 1.165) is 17.0 Å². The Hall–Kier alpha value is -1.09. The summed E-state index contributed by atoms with van der Waals surface area (Å²) in [5.41, 5.74) is 15.1. The molecule has 20 heavy (non-hydrogen) atoms. The zero-order chi connectivity index (χ0) is 14.9. The summed E-state index contributed by atoms with van der Waals surface area (Å²) in [6.07, 6.45) is 6.77. The van der Waals surface area contributed by atoms with Gasteiger partial charge in [0.25, 0.3) is 0 Å². The molecule has 0 spiro atoms. The summed E-state index contributed by atoms with van der Waals surface area (Å²) >= 11 is 0. The molecular formula is C17H29N3. The van der Waals surface area contributed by atoms with Crippen molar-refractivity contribution in [2.24, 2.45) is 23.0 Å². The highest BCUT2D eigenvalue weighted by Crippen LogP contribution is 2.43. The second kappa shape index (κ2) is 5.72. The SMILES string of the molecule is Cc1cnc(N)c(C(N)C2CCC(C(C)(C)C)CC2)c1. The monoisotopic (exact) mass is 275 g/mol. The largest absolute Gasteiger partial charge is 0.383 e. The molecule has 4 N–H and O–H groups in total. The Labute approximate surface area is 123 Å². The predicted molar refractivity (Wildman–Crippen MR) is 85.2 cm³/mol. The third kappa shape index (κ3) is 3.32. The van der Waals surface area contributed by atoms with Gasteiger partial charge in [-0.3, -0.25) is 0 Å². The number of nitrogens with two attached hydrogens (primary N) is 2. The van der Waals surface area contributed by atoms with Crippen LogP contribution >= 0.6 is 0 Å². The second-order valence-electron chi connectivity index (χ2n) is 7.49. The maximum Gasteiger partial charge on any atom is 0.128 e. The first-order valence-electron chi connectivity index (χ1n) is 7.76. The van der Waals surface area contributed by atoms with E-state index < -0.39 is 0 Å². The molecule has 1 aliphatic rings. The van der Waals surface area contributed by atoms with Gasteiger partial charge in [0.1, 0.15) is 5.82 Å². The molecule has 2 rings (SSSR count). The van der Waals surface area contributed by atoms with E-state index in [1.807, 2.05) is 13.1 Å². The van der Waals surface area contributed by atoms with E-state index in [1.54, 1.807) is 0 Å². The van der Waals surface area contributed by atoms with E-state index in [-0.39, 0.29) is 6.04 Å². The van der Waals surface area contributed by atoms with Crippen LogP contribution in [0.4, 0.5) is 5.82 Å². The molecule has 0 bridgehead atoms. The average molecular weight is 275 g/mol. The first-order valence-corrected chi connectivity index (χ1v) is 7.76. The summed E-state index contributed by atoms with van der Waals surface area (Å²) in [4.78, 5) is 4.25. The number of anilines is 1. The Balaban J connectivity index is 2.05. The second-order valence-corrected chi connectivity index (χ2v) is 7.49. The van der Waals surface area contributed by atoms with Crippen LogP contribution in [0.1, 0.15) is 63.6 Å². The van der Waals surface area contributed by atoms with Crippen molar-refractivity contribution >= 4 is 5.82 Å². The molecular weight excluding hydrogens is 246 g/mol. The van der Waals surface area contributed by atoms with Crippen molar-refractivity contribution in [3.05, 3.63) is 23.4 Å². The van der Waals surface area contributed by atoms with Gasteiger partial charge in [-0.2, -0.15) is 0 Å². The lowest BCUT2D eigenvalue weighted by molar-refractivity contribution is 0.140. The van der Waals surface area contributed by atoms with Gasteiger partial charge in [0.05, 0.1) is 0 Å². The highest BCUT2D eigenvalue weighted by molar-refractivity contribution is 5.43. The number of aromatic nitrogens is 1. The van der Waals surface area contributed by atoms with E-state index in [2.05, 4.69) is 31.8 Å². The molecule has 0 amide bonds. The first-order chi connectivity index (χ1) is 9.29. The molecule has 0 saturated heterocycles. The maximum atomic E-state index is 6.47. The standard InChI is InChI=1S/C17H29N3/c1-11-9-14(16(19)20-10-11)15(18)12-5-7-13(8-6-12)17(2,3)4/h9-10,12-13,15H,5-8,18H2,1-4H3,(H2,19,20). The smallest absolute Gasteiger partial charge is 0.128 e. The van der Waals surface area contributed by atoms with Gasteiger partial charge in [-0.05, 0) is 61.5 Å². The number of nitrogen functional groups attached to an aromatic ring is 1. The molecule has 0 radical (unpaired) electrons. The van der Waals surface area contributed by atoms with E-state index in [9.17, 15) is 0 Å². The van der Waals surface area contributed by atoms with Gasteiger partial charge in [0.15, 0.2) is 0 Å². The quantitative estimate of drug-likeness (QED) is 0.862. The molecule has 1 atom stereocenters. The van der Waals surface area contributed by atoms with Crippen molar-refractivity contribution in [3.63, 3.8) is 0 Å². The van der Waals surface area contributed by atoms with Gasteiger partial charge < -0.3 is 11.5 Å². The van der Waals surface area contributed by atoms with Gasteiger partial charge in [-0.15, -0.1) is 0 Å². The highest BCUT2D eigenvalue weighted by atomic mass is 14.8. The van der Waals surface area contributed by atoms with Crippen LogP contribution in [0.5, 0.6) is 0 Å². The van der Waals surface area contributed by atoms with E-state index in [0.29, 0.717) is 17.2 Å². The van der Waals surface area contributed by atoms with Crippen LogP contribution in [0.3, 0.4) is 0 Å². The third-order valence-corrected chi connectivity index (χ3v) is 4.95. The minimum atomic E-state index is 0.0309. The molecule has 1 saturated carbocycles. The first kappa shape index (κ1) is 15.3. The van der Waals surface area contributed by atoms with Crippen molar-refractivity contribution < 1.29 is 0 Å². The summed E-state index contributed by atoms with van der Waals surface area (Å²) in [5, 5.41) is 0. The number of rotatable bonds is 2. The fourth-order valence-electron chi connectivity index (χ4n) is 3.47. The van der Waals surface area contributed by atoms with Crippen LogP contribution in [0.25, 0.3) is 0 Å². The summed E-state index contributed by atoms with van der Waals surface area (Å²) in [6, 6.07) is 2.13. The minimum Gasteiger partial charge on any atom is -0.383 e. The lowest BCUT2D eigenvalue weighted by atomic mass is 9.68. The average Bonchev–Trinajstić information content (AvgIpc) is 2.40. The number of pyridine rings is 1. The van der Waals surface area contributed by atoms with Crippen LogP contribution in [-0.4, -0.2) is 4.98 Å². The van der Waals surface area contributed by atoms with Gasteiger partial charge in [0.2, 0.25) is 0 Å². The van der Waals surface area contributed by atoms with E-state index in [4.69, 9.17) is 11.5 Å². The number of aryl methyl sites for hydroxylation is 1. The normalized spacial score (nSPS) is 25.4. The molecule has 1 aromatic heterocycles. The van der Waals surface area contributed by atoms with Gasteiger partial charge in [0, 0.05) is 17.8 Å². The van der Waals surface area contributed by atoms with Crippen LogP contribution in [-0.2, 0) is 0 Å². The Kier molecular flexibility index (Phi) is 4.38. The van der Waals surface area contributed by atoms with E-state index >= 15 is 0 Å². The molecule has 1 heterocycles. The van der Waals surface area contributed by atoms with Gasteiger partial charge >= 0.3 is 0 Å².